The van der Waals surface area contributed by atoms with Gasteiger partial charge in [0.25, 0.3) is 0 Å². The van der Waals surface area contributed by atoms with Crippen LogP contribution in [0, 0.1) is 5.92 Å². The number of nitrogens with zero attached hydrogens (tertiary/aromatic N) is 2. The van der Waals surface area contributed by atoms with Crippen LogP contribution < -0.4 is 5.73 Å². The fourth-order valence-corrected chi connectivity index (χ4v) is 3.78. The van der Waals surface area contributed by atoms with Crippen LogP contribution in [-0.4, -0.2) is 21.9 Å². The van der Waals surface area contributed by atoms with Crippen molar-refractivity contribution in [3.63, 3.8) is 0 Å². The number of ether oxygens (including phenoxy) is 1. The van der Waals surface area contributed by atoms with E-state index < -0.39 is 0 Å². The third-order valence-electron chi connectivity index (χ3n) is 5.07. The highest BCUT2D eigenvalue weighted by atomic mass is 16.5. The maximum Gasteiger partial charge on any atom is 0.0914 e. The summed E-state index contributed by atoms with van der Waals surface area (Å²) in [5.41, 5.74) is 6.89. The number of hydrogen-bond acceptors (Lipinski definition) is 3. The van der Waals surface area contributed by atoms with Gasteiger partial charge in [-0.05, 0) is 44.1 Å². The maximum atomic E-state index is 6.17. The second-order valence-corrected chi connectivity index (χ2v) is 6.75. The summed E-state index contributed by atoms with van der Waals surface area (Å²) < 4.78 is 8.31. The lowest BCUT2D eigenvalue weighted by Crippen LogP contribution is -2.38. The lowest BCUT2D eigenvalue weighted by atomic mass is 10.0. The Balaban J connectivity index is 1.58. The van der Waals surface area contributed by atoms with Crippen molar-refractivity contribution in [3.8, 4) is 0 Å². The quantitative estimate of drug-likeness (QED) is 0.900. The second kappa shape index (κ2) is 5.86. The molecule has 2 saturated carbocycles. The van der Waals surface area contributed by atoms with E-state index in [9.17, 15) is 0 Å². The van der Waals surface area contributed by atoms with E-state index in [1.165, 1.54) is 32.1 Å². The Hall–Kier alpha value is -0.870. The fraction of sp³-hybridized carbons (Fsp3) is 0.812. The summed E-state index contributed by atoms with van der Waals surface area (Å²) in [5, 5.41) is 4.69. The number of aromatic nitrogens is 2. The van der Waals surface area contributed by atoms with Crippen molar-refractivity contribution in [2.24, 2.45) is 11.7 Å². The normalized spacial score (nSPS) is 31.2. The average molecular weight is 277 g/mol. The first-order valence-electron chi connectivity index (χ1n) is 8.09. The van der Waals surface area contributed by atoms with Gasteiger partial charge >= 0.3 is 0 Å². The van der Waals surface area contributed by atoms with Crippen LogP contribution in [0.3, 0.4) is 0 Å². The first kappa shape index (κ1) is 14.1. The van der Waals surface area contributed by atoms with Gasteiger partial charge in [-0.15, -0.1) is 0 Å². The van der Waals surface area contributed by atoms with E-state index in [-0.39, 0.29) is 5.60 Å². The molecule has 0 aliphatic heterocycles. The molecular weight excluding hydrogens is 250 g/mol. The first-order chi connectivity index (χ1) is 9.71. The molecule has 0 radical (unpaired) electrons. The van der Waals surface area contributed by atoms with E-state index in [0.717, 1.165) is 24.5 Å². The van der Waals surface area contributed by atoms with Crippen molar-refractivity contribution in [1.29, 1.82) is 0 Å². The monoisotopic (exact) mass is 277 g/mol. The summed E-state index contributed by atoms with van der Waals surface area (Å²) >= 11 is 0. The van der Waals surface area contributed by atoms with Crippen LogP contribution in [-0.2, 0) is 11.3 Å². The van der Waals surface area contributed by atoms with Crippen LogP contribution in [0.25, 0.3) is 0 Å². The van der Waals surface area contributed by atoms with E-state index in [4.69, 9.17) is 10.5 Å². The predicted octanol–water partition coefficient (Wildman–Crippen LogP) is 3.03. The van der Waals surface area contributed by atoms with Crippen LogP contribution in [0.15, 0.2) is 12.3 Å². The van der Waals surface area contributed by atoms with Gasteiger partial charge in [0, 0.05) is 12.7 Å². The van der Waals surface area contributed by atoms with Gasteiger partial charge in [0.2, 0.25) is 0 Å². The van der Waals surface area contributed by atoms with E-state index >= 15 is 0 Å². The highest BCUT2D eigenvalue weighted by Gasteiger charge is 2.37. The van der Waals surface area contributed by atoms with Crippen molar-refractivity contribution in [1.82, 2.24) is 9.78 Å². The predicted molar refractivity (Wildman–Crippen MR) is 79.3 cm³/mol. The molecule has 0 spiro atoms. The first-order valence-corrected chi connectivity index (χ1v) is 8.09. The van der Waals surface area contributed by atoms with Gasteiger partial charge < -0.3 is 10.5 Å². The fourth-order valence-electron chi connectivity index (χ4n) is 3.78. The molecule has 20 heavy (non-hydrogen) atoms. The molecule has 2 fully saturated rings. The molecule has 1 aromatic rings. The topological polar surface area (TPSA) is 53.1 Å². The molecule has 3 rings (SSSR count). The van der Waals surface area contributed by atoms with Gasteiger partial charge in [-0.2, -0.15) is 5.10 Å². The van der Waals surface area contributed by atoms with Crippen molar-refractivity contribution >= 4 is 0 Å². The highest BCUT2D eigenvalue weighted by molar-refractivity contribution is 5.00. The van der Waals surface area contributed by atoms with Crippen LogP contribution >= 0.6 is 0 Å². The van der Waals surface area contributed by atoms with Gasteiger partial charge in [-0.3, -0.25) is 4.68 Å². The molecule has 2 unspecified atom stereocenters. The molecule has 0 aromatic carbocycles. The van der Waals surface area contributed by atoms with Crippen molar-refractivity contribution in [2.45, 2.75) is 70.1 Å². The van der Waals surface area contributed by atoms with Crippen molar-refractivity contribution in [2.75, 3.05) is 6.54 Å². The van der Waals surface area contributed by atoms with Gasteiger partial charge in [0.05, 0.1) is 23.9 Å². The molecule has 112 valence electrons. The molecule has 2 atom stereocenters. The van der Waals surface area contributed by atoms with Crippen LogP contribution in [0.5, 0.6) is 0 Å². The summed E-state index contributed by atoms with van der Waals surface area (Å²) in [6, 6.07) is 2.71. The average Bonchev–Trinajstić information content (AvgIpc) is 3.17. The Morgan fingerprint density at radius 3 is 2.85 bits per heavy atom. The van der Waals surface area contributed by atoms with Crippen molar-refractivity contribution in [3.05, 3.63) is 18.0 Å². The third kappa shape index (κ3) is 2.91. The lowest BCUT2D eigenvalue weighted by Gasteiger charge is -2.27. The number of hydrogen-bond donors (Lipinski definition) is 1. The lowest BCUT2D eigenvalue weighted by molar-refractivity contribution is -0.0486. The number of rotatable bonds is 5. The molecule has 2 aliphatic rings. The van der Waals surface area contributed by atoms with E-state index in [1.54, 1.807) is 0 Å². The zero-order valence-electron chi connectivity index (χ0n) is 12.6. The largest absolute Gasteiger partial charge is 0.367 e. The Morgan fingerprint density at radius 2 is 2.20 bits per heavy atom. The van der Waals surface area contributed by atoms with Crippen molar-refractivity contribution < 1.29 is 4.74 Å². The summed E-state index contributed by atoms with van der Waals surface area (Å²) in [6.07, 6.45) is 10.7. The van der Waals surface area contributed by atoms with Crippen LogP contribution in [0.4, 0.5) is 0 Å². The molecule has 1 heterocycles. The minimum atomic E-state index is -0.101. The summed E-state index contributed by atoms with van der Waals surface area (Å²) in [6.45, 7) is 3.51. The number of nitrogens with two attached hydrogens (primary N) is 1. The van der Waals surface area contributed by atoms with Gasteiger partial charge in [0.15, 0.2) is 0 Å². The molecule has 2 N–H and O–H groups in total. The summed E-state index contributed by atoms with van der Waals surface area (Å²) in [4.78, 5) is 0. The summed E-state index contributed by atoms with van der Waals surface area (Å²) in [7, 11) is 0. The molecule has 0 bridgehead atoms. The van der Waals surface area contributed by atoms with Crippen LogP contribution in [0.1, 0.15) is 63.6 Å². The van der Waals surface area contributed by atoms with Gasteiger partial charge in [-0.25, -0.2) is 0 Å². The maximum absolute atomic E-state index is 6.17. The Bertz CT molecular complexity index is 439. The molecule has 0 amide bonds. The van der Waals surface area contributed by atoms with Gasteiger partial charge in [-0.1, -0.05) is 19.8 Å². The molecule has 1 aromatic heterocycles. The second-order valence-electron chi connectivity index (χ2n) is 6.75. The zero-order valence-corrected chi connectivity index (χ0v) is 12.6. The van der Waals surface area contributed by atoms with Crippen LogP contribution in [0.2, 0.25) is 0 Å². The molecule has 2 aliphatic carbocycles. The third-order valence-corrected chi connectivity index (χ3v) is 5.07. The van der Waals surface area contributed by atoms with E-state index in [0.29, 0.717) is 19.2 Å². The Labute approximate surface area is 121 Å². The zero-order chi connectivity index (χ0) is 14.0. The molecule has 0 saturated heterocycles. The minimum absolute atomic E-state index is 0.101. The van der Waals surface area contributed by atoms with Gasteiger partial charge in [0.1, 0.15) is 0 Å². The molecular formula is C16H27N3O. The highest BCUT2D eigenvalue weighted by Crippen LogP contribution is 2.37. The SMILES string of the molecule is CC1CCC(CN)(OCc2ccn(C3CCCC3)n2)C1. The Morgan fingerprint density at radius 1 is 1.40 bits per heavy atom. The smallest absolute Gasteiger partial charge is 0.0914 e. The summed E-state index contributed by atoms with van der Waals surface area (Å²) in [5.74, 6) is 0.731. The minimum Gasteiger partial charge on any atom is -0.367 e. The van der Waals surface area contributed by atoms with E-state index in [1.807, 2.05) is 0 Å². The molecule has 4 nitrogen and oxygen atoms in total. The molecule has 4 heteroatoms. The standard InChI is InChI=1S/C16H27N3O/c1-13-6-8-16(10-13,12-17)20-11-14-7-9-19(18-14)15-4-2-3-5-15/h7,9,13,15H,2-6,8,10-12,17H2,1H3. The van der Waals surface area contributed by atoms with E-state index in [2.05, 4.69) is 29.0 Å². The Kier molecular flexibility index (Phi) is 4.13.